The molecule has 104 valence electrons. The van der Waals surface area contributed by atoms with Crippen molar-refractivity contribution < 1.29 is 8.42 Å². The quantitative estimate of drug-likeness (QED) is 0.786. The number of sulfonamides is 1. The fourth-order valence-corrected chi connectivity index (χ4v) is 4.66. The molecule has 1 aromatic rings. The van der Waals surface area contributed by atoms with E-state index in [-0.39, 0.29) is 23.6 Å². The molecule has 0 radical (unpaired) electrons. The van der Waals surface area contributed by atoms with Crippen LogP contribution in [0, 0.1) is 11.8 Å². The largest absolute Gasteiger partial charge is 0.212 e. The van der Waals surface area contributed by atoms with Gasteiger partial charge in [0.25, 0.3) is 0 Å². The lowest BCUT2D eigenvalue weighted by Crippen LogP contribution is -2.35. The predicted molar refractivity (Wildman–Crippen MR) is 78.7 cm³/mol. The van der Waals surface area contributed by atoms with Gasteiger partial charge in [0.1, 0.15) is 0 Å². The van der Waals surface area contributed by atoms with Gasteiger partial charge in [-0.05, 0) is 23.3 Å². The van der Waals surface area contributed by atoms with Gasteiger partial charge in [0.05, 0.1) is 11.8 Å². The van der Waals surface area contributed by atoms with Crippen molar-refractivity contribution in [3.05, 3.63) is 22.4 Å². The fourth-order valence-electron chi connectivity index (χ4n) is 1.65. The van der Waals surface area contributed by atoms with Gasteiger partial charge in [-0.3, -0.25) is 0 Å². The summed E-state index contributed by atoms with van der Waals surface area (Å²) in [4.78, 5) is 1.05. The summed E-state index contributed by atoms with van der Waals surface area (Å²) in [6.07, 6.45) is 0. The third-order valence-corrected chi connectivity index (χ3v) is 5.69. The van der Waals surface area contributed by atoms with Crippen molar-refractivity contribution in [2.45, 2.75) is 26.8 Å². The van der Waals surface area contributed by atoms with Crippen molar-refractivity contribution in [1.82, 2.24) is 4.72 Å². The van der Waals surface area contributed by atoms with Gasteiger partial charge in [0.15, 0.2) is 0 Å². The van der Waals surface area contributed by atoms with Gasteiger partial charge < -0.3 is 0 Å². The molecular formula is C12H20ClNO2S2. The third-order valence-electron chi connectivity index (χ3n) is 2.59. The first-order chi connectivity index (χ1) is 8.35. The third kappa shape index (κ3) is 4.88. The zero-order valence-electron chi connectivity index (χ0n) is 10.9. The van der Waals surface area contributed by atoms with Crippen molar-refractivity contribution >= 4 is 33.0 Å². The molecule has 1 heterocycles. The van der Waals surface area contributed by atoms with E-state index >= 15 is 0 Å². The van der Waals surface area contributed by atoms with Crippen LogP contribution in [-0.2, 0) is 10.0 Å². The Kier molecular flexibility index (Phi) is 6.11. The first-order valence-corrected chi connectivity index (χ1v) is 9.01. The Hall–Kier alpha value is -0.100. The van der Waals surface area contributed by atoms with Crippen LogP contribution >= 0.6 is 22.9 Å². The van der Waals surface area contributed by atoms with Gasteiger partial charge in [0.2, 0.25) is 10.0 Å². The van der Waals surface area contributed by atoms with E-state index in [1.807, 2.05) is 38.3 Å². The molecule has 18 heavy (non-hydrogen) atoms. The van der Waals surface area contributed by atoms with Crippen LogP contribution in [0.25, 0.3) is 0 Å². The van der Waals surface area contributed by atoms with Crippen molar-refractivity contribution in [3.63, 3.8) is 0 Å². The minimum Gasteiger partial charge on any atom is -0.212 e. The molecule has 0 saturated heterocycles. The molecule has 2 unspecified atom stereocenters. The molecule has 0 aliphatic carbocycles. The molecule has 0 aliphatic heterocycles. The first kappa shape index (κ1) is 16.0. The van der Waals surface area contributed by atoms with Crippen LogP contribution in [0.3, 0.4) is 0 Å². The summed E-state index contributed by atoms with van der Waals surface area (Å²) in [6, 6.07) is 3.74. The SMILES string of the molecule is CC(CCl)CS(=O)(=O)NC(c1cccs1)C(C)C. The molecule has 1 aromatic heterocycles. The van der Waals surface area contributed by atoms with E-state index in [0.717, 1.165) is 4.88 Å². The molecule has 0 saturated carbocycles. The van der Waals surface area contributed by atoms with Gasteiger partial charge in [0, 0.05) is 10.8 Å². The average Bonchev–Trinajstić information content (AvgIpc) is 2.78. The Morgan fingerprint density at radius 1 is 1.39 bits per heavy atom. The van der Waals surface area contributed by atoms with Crippen LogP contribution in [0.1, 0.15) is 31.7 Å². The molecule has 0 bridgehead atoms. The standard InChI is InChI=1S/C12H20ClNO2S2/c1-9(2)12(11-5-4-6-17-11)14-18(15,16)8-10(3)7-13/h4-6,9-10,12,14H,7-8H2,1-3H3. The number of nitrogens with one attached hydrogen (secondary N) is 1. The first-order valence-electron chi connectivity index (χ1n) is 5.95. The normalized spacial score (nSPS) is 15.8. The summed E-state index contributed by atoms with van der Waals surface area (Å²) in [5, 5.41) is 1.96. The van der Waals surface area contributed by atoms with Gasteiger partial charge >= 0.3 is 0 Å². The Bertz CT molecular complexity index is 443. The lowest BCUT2D eigenvalue weighted by Gasteiger charge is -2.22. The molecule has 2 atom stereocenters. The van der Waals surface area contributed by atoms with Crippen molar-refractivity contribution in [3.8, 4) is 0 Å². The molecule has 6 heteroatoms. The zero-order chi connectivity index (χ0) is 13.8. The van der Waals surface area contributed by atoms with Crippen LogP contribution in [0.2, 0.25) is 0 Å². The highest BCUT2D eigenvalue weighted by Gasteiger charge is 2.24. The van der Waals surface area contributed by atoms with Gasteiger partial charge in [-0.15, -0.1) is 22.9 Å². The minimum absolute atomic E-state index is 0.0414. The molecule has 0 spiro atoms. The molecule has 0 aromatic carbocycles. The summed E-state index contributed by atoms with van der Waals surface area (Å²) in [7, 11) is -3.29. The highest BCUT2D eigenvalue weighted by atomic mass is 35.5. The number of thiophene rings is 1. The summed E-state index contributed by atoms with van der Waals surface area (Å²) >= 11 is 7.24. The Labute approximate surface area is 119 Å². The summed E-state index contributed by atoms with van der Waals surface area (Å²) in [6.45, 7) is 5.86. The van der Waals surface area contributed by atoms with Crippen molar-refractivity contribution in [1.29, 1.82) is 0 Å². The second kappa shape index (κ2) is 6.89. The topological polar surface area (TPSA) is 46.2 Å². The van der Waals surface area contributed by atoms with E-state index < -0.39 is 10.0 Å². The summed E-state index contributed by atoms with van der Waals surface area (Å²) < 4.78 is 26.9. The predicted octanol–water partition coefficient (Wildman–Crippen LogP) is 3.24. The lowest BCUT2D eigenvalue weighted by atomic mass is 10.0. The monoisotopic (exact) mass is 309 g/mol. The number of hydrogen-bond donors (Lipinski definition) is 1. The van der Waals surface area contributed by atoms with Crippen LogP contribution in [-0.4, -0.2) is 20.1 Å². The maximum absolute atomic E-state index is 12.0. The smallest absolute Gasteiger partial charge is 0.212 e. The van der Waals surface area contributed by atoms with Gasteiger partial charge in [-0.2, -0.15) is 0 Å². The molecule has 0 amide bonds. The average molecular weight is 310 g/mol. The Balaban J connectivity index is 2.79. The highest BCUT2D eigenvalue weighted by molar-refractivity contribution is 7.89. The lowest BCUT2D eigenvalue weighted by molar-refractivity contribution is 0.466. The van der Waals surface area contributed by atoms with E-state index in [1.54, 1.807) is 11.3 Å². The number of rotatable bonds is 7. The molecule has 0 aliphatic rings. The second-order valence-electron chi connectivity index (χ2n) is 4.90. The summed E-state index contributed by atoms with van der Waals surface area (Å²) in [5.41, 5.74) is 0. The zero-order valence-corrected chi connectivity index (χ0v) is 13.3. The van der Waals surface area contributed by atoms with E-state index in [1.165, 1.54) is 0 Å². The minimum atomic E-state index is -3.29. The summed E-state index contributed by atoms with van der Waals surface area (Å²) in [5.74, 6) is 0.599. The molecular weight excluding hydrogens is 290 g/mol. The van der Waals surface area contributed by atoms with Crippen molar-refractivity contribution in [2.75, 3.05) is 11.6 Å². The number of halogens is 1. The fraction of sp³-hybridized carbons (Fsp3) is 0.667. The molecule has 1 rings (SSSR count). The maximum atomic E-state index is 12.0. The Morgan fingerprint density at radius 3 is 2.50 bits per heavy atom. The van der Waals surface area contributed by atoms with Gasteiger partial charge in [-0.25, -0.2) is 13.1 Å². The van der Waals surface area contributed by atoms with Crippen LogP contribution in [0.15, 0.2) is 17.5 Å². The van der Waals surface area contributed by atoms with Gasteiger partial charge in [-0.1, -0.05) is 26.8 Å². The molecule has 1 N–H and O–H groups in total. The highest BCUT2D eigenvalue weighted by Crippen LogP contribution is 2.26. The second-order valence-corrected chi connectivity index (χ2v) is 7.98. The van der Waals surface area contributed by atoms with E-state index in [9.17, 15) is 8.42 Å². The maximum Gasteiger partial charge on any atom is 0.212 e. The van der Waals surface area contributed by atoms with E-state index in [2.05, 4.69) is 4.72 Å². The van der Waals surface area contributed by atoms with Crippen LogP contribution in [0.5, 0.6) is 0 Å². The van der Waals surface area contributed by atoms with Crippen LogP contribution in [0.4, 0.5) is 0 Å². The molecule has 3 nitrogen and oxygen atoms in total. The molecule has 0 fully saturated rings. The number of hydrogen-bond acceptors (Lipinski definition) is 3. The van der Waals surface area contributed by atoms with E-state index in [0.29, 0.717) is 5.88 Å². The number of alkyl halides is 1. The van der Waals surface area contributed by atoms with E-state index in [4.69, 9.17) is 11.6 Å². The van der Waals surface area contributed by atoms with Crippen molar-refractivity contribution in [2.24, 2.45) is 11.8 Å². The Morgan fingerprint density at radius 2 is 2.06 bits per heavy atom. The van der Waals surface area contributed by atoms with Crippen LogP contribution < -0.4 is 4.72 Å².